The van der Waals surface area contributed by atoms with E-state index in [-0.39, 0.29) is 19.2 Å². The molecule has 1 aromatic carbocycles. The van der Waals surface area contributed by atoms with Crippen molar-refractivity contribution in [2.75, 3.05) is 20.3 Å². The molecule has 0 unspecified atom stereocenters. The molecule has 0 saturated carbocycles. The molecule has 0 aliphatic rings. The Hall–Kier alpha value is -2.50. The lowest BCUT2D eigenvalue weighted by Crippen LogP contribution is -2.12. The Morgan fingerprint density at radius 3 is 2.67 bits per heavy atom. The molecule has 2 aromatic rings. The van der Waals surface area contributed by atoms with Crippen LogP contribution in [0.2, 0.25) is 0 Å². The number of rotatable bonds is 8. The highest BCUT2D eigenvalue weighted by Gasteiger charge is 2.17. The number of esters is 2. The van der Waals surface area contributed by atoms with Gasteiger partial charge in [-0.1, -0.05) is 25.5 Å². The van der Waals surface area contributed by atoms with E-state index in [0.717, 1.165) is 29.6 Å². The van der Waals surface area contributed by atoms with Crippen LogP contribution in [0.1, 0.15) is 31.6 Å². The van der Waals surface area contributed by atoms with Crippen LogP contribution in [0.15, 0.2) is 22.6 Å². The second kappa shape index (κ2) is 8.38. The van der Waals surface area contributed by atoms with Crippen molar-refractivity contribution < 1.29 is 28.2 Å². The Bertz CT molecular complexity index is 716. The summed E-state index contributed by atoms with van der Waals surface area (Å²) >= 11 is 0. The number of methoxy groups -OCH3 is 1. The van der Waals surface area contributed by atoms with Crippen molar-refractivity contribution in [2.24, 2.45) is 0 Å². The number of carbonyl (C=O) groups excluding carboxylic acids is 2. The minimum absolute atomic E-state index is 0.178. The lowest BCUT2D eigenvalue weighted by molar-refractivity contribution is -0.143. The highest BCUT2D eigenvalue weighted by molar-refractivity contribution is 5.87. The highest BCUT2D eigenvalue weighted by Crippen LogP contribution is 2.34. The van der Waals surface area contributed by atoms with Crippen LogP contribution >= 0.6 is 0 Å². The molecule has 0 saturated heterocycles. The van der Waals surface area contributed by atoms with Crippen LogP contribution in [0, 0.1) is 0 Å². The monoisotopic (exact) mass is 334 g/mol. The van der Waals surface area contributed by atoms with Crippen LogP contribution in [-0.4, -0.2) is 32.3 Å². The van der Waals surface area contributed by atoms with Gasteiger partial charge in [-0.05, 0) is 12.5 Å². The first kappa shape index (κ1) is 17.8. The summed E-state index contributed by atoms with van der Waals surface area (Å²) in [5.74, 6) is 0.504. The zero-order valence-corrected chi connectivity index (χ0v) is 14.2. The third kappa shape index (κ3) is 4.28. The van der Waals surface area contributed by atoms with E-state index in [1.807, 2.05) is 12.1 Å². The maximum absolute atomic E-state index is 11.3. The molecule has 0 atom stereocenters. The van der Waals surface area contributed by atoms with Gasteiger partial charge in [-0.3, -0.25) is 4.79 Å². The molecule has 1 aromatic heterocycles. The normalized spacial score (nSPS) is 10.6. The first-order chi connectivity index (χ1) is 11.6. The first-order valence-electron chi connectivity index (χ1n) is 7.93. The third-order valence-electron chi connectivity index (χ3n) is 3.57. The van der Waals surface area contributed by atoms with Crippen LogP contribution in [0.4, 0.5) is 0 Å². The minimum Gasteiger partial charge on any atom is -0.478 e. The maximum atomic E-state index is 11.3. The first-order valence-corrected chi connectivity index (χ1v) is 7.93. The summed E-state index contributed by atoms with van der Waals surface area (Å²) in [6.07, 6.45) is 2.31. The summed E-state index contributed by atoms with van der Waals surface area (Å²) in [6.45, 7) is 3.56. The number of hydrogen-bond donors (Lipinski definition) is 0. The van der Waals surface area contributed by atoms with Crippen LogP contribution in [0.5, 0.6) is 5.75 Å². The SMILES string of the molecule is CCCc1c(CCOC(C)=O)oc2c(OCC(=O)OC)cccc12. The van der Waals surface area contributed by atoms with Crippen molar-refractivity contribution in [3.8, 4) is 5.75 Å². The fraction of sp³-hybridized carbons (Fsp3) is 0.444. The zero-order valence-electron chi connectivity index (χ0n) is 14.2. The predicted octanol–water partition coefficient (Wildman–Crippen LogP) is 3.04. The molecule has 0 spiro atoms. The van der Waals surface area contributed by atoms with Crippen LogP contribution in [0.25, 0.3) is 11.0 Å². The molecule has 1 heterocycles. The van der Waals surface area contributed by atoms with Gasteiger partial charge in [-0.2, -0.15) is 0 Å². The number of benzene rings is 1. The van der Waals surface area contributed by atoms with Gasteiger partial charge in [0.15, 0.2) is 17.9 Å². The van der Waals surface area contributed by atoms with Gasteiger partial charge in [-0.25, -0.2) is 4.79 Å². The Morgan fingerprint density at radius 2 is 2.00 bits per heavy atom. The molecule has 130 valence electrons. The Morgan fingerprint density at radius 1 is 1.21 bits per heavy atom. The maximum Gasteiger partial charge on any atom is 0.343 e. The summed E-state index contributed by atoms with van der Waals surface area (Å²) in [5, 5.41) is 0.956. The van der Waals surface area contributed by atoms with Crippen molar-refractivity contribution >= 4 is 22.9 Å². The molecule has 0 aliphatic heterocycles. The lowest BCUT2D eigenvalue weighted by atomic mass is 10.0. The van der Waals surface area contributed by atoms with Gasteiger partial charge in [0.05, 0.1) is 13.7 Å². The van der Waals surface area contributed by atoms with Gasteiger partial charge < -0.3 is 18.6 Å². The molecule has 0 N–H and O–H groups in total. The van der Waals surface area contributed by atoms with Crippen molar-refractivity contribution in [1.82, 2.24) is 0 Å². The van der Waals surface area contributed by atoms with Crippen molar-refractivity contribution in [1.29, 1.82) is 0 Å². The van der Waals surface area contributed by atoms with E-state index >= 15 is 0 Å². The van der Waals surface area contributed by atoms with Gasteiger partial charge in [0.2, 0.25) is 0 Å². The van der Waals surface area contributed by atoms with E-state index in [4.69, 9.17) is 13.9 Å². The fourth-order valence-electron chi connectivity index (χ4n) is 2.52. The molecule has 0 bridgehead atoms. The van der Waals surface area contributed by atoms with Crippen LogP contribution in [-0.2, 0) is 31.9 Å². The minimum atomic E-state index is -0.456. The van der Waals surface area contributed by atoms with E-state index < -0.39 is 5.97 Å². The number of para-hydroxylation sites is 1. The molecular formula is C18H22O6. The van der Waals surface area contributed by atoms with Gasteiger partial charge in [0.1, 0.15) is 5.76 Å². The number of ether oxygens (including phenoxy) is 3. The van der Waals surface area contributed by atoms with E-state index in [2.05, 4.69) is 11.7 Å². The molecule has 6 heteroatoms. The Balaban J connectivity index is 2.30. The van der Waals surface area contributed by atoms with Crippen LogP contribution in [0.3, 0.4) is 0 Å². The second-order valence-corrected chi connectivity index (χ2v) is 5.34. The number of furan rings is 1. The van der Waals surface area contributed by atoms with E-state index in [9.17, 15) is 9.59 Å². The molecular weight excluding hydrogens is 312 g/mol. The van der Waals surface area contributed by atoms with Gasteiger partial charge in [0.25, 0.3) is 0 Å². The summed E-state index contributed by atoms with van der Waals surface area (Å²) in [4.78, 5) is 22.2. The third-order valence-corrected chi connectivity index (χ3v) is 3.57. The van der Waals surface area contributed by atoms with Crippen LogP contribution < -0.4 is 4.74 Å². The van der Waals surface area contributed by atoms with E-state index in [1.165, 1.54) is 14.0 Å². The number of carbonyl (C=O) groups is 2. The summed E-state index contributed by atoms with van der Waals surface area (Å²) < 4.78 is 21.1. The molecule has 24 heavy (non-hydrogen) atoms. The number of fused-ring (bicyclic) bond motifs is 1. The number of aryl methyl sites for hydroxylation is 1. The quantitative estimate of drug-likeness (QED) is 0.691. The highest BCUT2D eigenvalue weighted by atomic mass is 16.6. The summed E-state index contributed by atoms with van der Waals surface area (Å²) in [7, 11) is 1.31. The number of hydrogen-bond acceptors (Lipinski definition) is 6. The topological polar surface area (TPSA) is 75.0 Å². The summed E-state index contributed by atoms with van der Waals surface area (Å²) in [5.41, 5.74) is 1.69. The standard InChI is InChI=1S/C18H22O6/c1-4-6-13-14-7-5-8-16(23-11-17(20)21-3)18(14)24-15(13)9-10-22-12(2)19/h5,7-8H,4,6,9-11H2,1-3H3. The average Bonchev–Trinajstić information content (AvgIpc) is 2.91. The van der Waals surface area contributed by atoms with Gasteiger partial charge in [-0.15, -0.1) is 0 Å². The smallest absolute Gasteiger partial charge is 0.343 e. The molecule has 0 fully saturated rings. The largest absolute Gasteiger partial charge is 0.478 e. The van der Waals surface area contributed by atoms with E-state index in [0.29, 0.717) is 17.8 Å². The van der Waals surface area contributed by atoms with Crippen molar-refractivity contribution in [3.63, 3.8) is 0 Å². The average molecular weight is 334 g/mol. The van der Waals surface area contributed by atoms with Gasteiger partial charge >= 0.3 is 11.9 Å². The van der Waals surface area contributed by atoms with Crippen molar-refractivity contribution in [2.45, 2.75) is 33.1 Å². The zero-order chi connectivity index (χ0) is 17.5. The Kier molecular flexibility index (Phi) is 6.23. The van der Waals surface area contributed by atoms with Gasteiger partial charge in [0, 0.05) is 24.3 Å². The molecule has 0 amide bonds. The molecule has 2 rings (SSSR count). The fourth-order valence-corrected chi connectivity index (χ4v) is 2.52. The molecule has 6 nitrogen and oxygen atoms in total. The predicted molar refractivity (Wildman–Crippen MR) is 88.1 cm³/mol. The Labute approximate surface area is 140 Å². The van der Waals surface area contributed by atoms with Crippen molar-refractivity contribution in [3.05, 3.63) is 29.5 Å². The second-order valence-electron chi connectivity index (χ2n) is 5.34. The molecule has 0 radical (unpaired) electrons. The molecule has 0 aliphatic carbocycles. The lowest BCUT2D eigenvalue weighted by Gasteiger charge is -2.05. The van der Waals surface area contributed by atoms with E-state index in [1.54, 1.807) is 6.07 Å². The summed E-state index contributed by atoms with van der Waals surface area (Å²) in [6, 6.07) is 5.57.